The van der Waals surface area contributed by atoms with Crippen LogP contribution >= 0.6 is 0 Å². The van der Waals surface area contributed by atoms with Crippen molar-refractivity contribution in [2.45, 2.75) is 6.10 Å². The lowest BCUT2D eigenvalue weighted by atomic mass is 10.1. The number of rotatable bonds is 4. The summed E-state index contributed by atoms with van der Waals surface area (Å²) in [6.45, 7) is 1.42. The van der Waals surface area contributed by atoms with Crippen LogP contribution in [0.5, 0.6) is 5.75 Å². The number of pyridine rings is 1. The first kappa shape index (κ1) is 14.4. The molecule has 0 unspecified atom stereocenters. The molecule has 1 aromatic carbocycles. The summed E-state index contributed by atoms with van der Waals surface area (Å²) in [6.07, 6.45) is 3.32. The highest BCUT2D eigenvalue weighted by Gasteiger charge is 2.30. The number of nitrogens with zero attached hydrogens (tertiary/aromatic N) is 4. The lowest BCUT2D eigenvalue weighted by molar-refractivity contribution is 0.0994. The van der Waals surface area contributed by atoms with Gasteiger partial charge in [-0.2, -0.15) is 0 Å². The molecule has 3 heterocycles. The van der Waals surface area contributed by atoms with Gasteiger partial charge in [-0.25, -0.2) is 4.98 Å². The second-order valence-corrected chi connectivity index (χ2v) is 5.60. The quantitative estimate of drug-likeness (QED) is 0.780. The molecule has 2 N–H and O–H groups in total. The van der Waals surface area contributed by atoms with Crippen LogP contribution < -0.4 is 15.4 Å². The molecule has 0 saturated carbocycles. The number of carbonyl (C=O) groups excluding carboxylic acids is 1. The molecule has 7 nitrogen and oxygen atoms in total. The maximum Gasteiger partial charge on any atom is 0.267 e. The Morgan fingerprint density at radius 2 is 1.96 bits per heavy atom. The van der Waals surface area contributed by atoms with Crippen LogP contribution in [-0.4, -0.2) is 40.1 Å². The molecule has 0 spiro atoms. The number of aromatic nitrogens is 3. The zero-order chi connectivity index (χ0) is 16.5. The highest BCUT2D eigenvalue weighted by atomic mass is 16.5. The van der Waals surface area contributed by atoms with Crippen LogP contribution in [0.15, 0.2) is 48.8 Å². The Labute approximate surface area is 138 Å². The Morgan fingerprint density at radius 3 is 2.75 bits per heavy atom. The van der Waals surface area contributed by atoms with Crippen molar-refractivity contribution in [3.63, 3.8) is 0 Å². The number of hydrogen-bond acceptors (Lipinski definition) is 6. The molecule has 1 aliphatic rings. The van der Waals surface area contributed by atoms with Crippen LogP contribution in [0.2, 0.25) is 0 Å². The van der Waals surface area contributed by atoms with Crippen LogP contribution in [0.25, 0.3) is 11.0 Å². The Morgan fingerprint density at radius 1 is 1.17 bits per heavy atom. The molecule has 0 atom stereocenters. The summed E-state index contributed by atoms with van der Waals surface area (Å²) in [6, 6.07) is 11.0. The molecule has 0 bridgehead atoms. The number of carbonyl (C=O) groups is 1. The third-order valence-corrected chi connectivity index (χ3v) is 3.89. The van der Waals surface area contributed by atoms with Gasteiger partial charge in [0.15, 0.2) is 0 Å². The van der Waals surface area contributed by atoms with E-state index >= 15 is 0 Å². The first-order valence-electron chi connectivity index (χ1n) is 7.58. The maximum absolute atomic E-state index is 11.1. The molecular weight excluding hydrogens is 306 g/mol. The number of para-hydroxylation sites is 2. The van der Waals surface area contributed by atoms with E-state index < -0.39 is 5.91 Å². The average Bonchev–Trinajstić information content (AvgIpc) is 2.57. The summed E-state index contributed by atoms with van der Waals surface area (Å²) >= 11 is 0. The van der Waals surface area contributed by atoms with Gasteiger partial charge in [-0.15, -0.1) is 0 Å². The summed E-state index contributed by atoms with van der Waals surface area (Å²) in [5, 5.41) is 0. The molecule has 1 amide bonds. The zero-order valence-electron chi connectivity index (χ0n) is 12.8. The first-order chi connectivity index (χ1) is 11.7. The average molecular weight is 321 g/mol. The van der Waals surface area contributed by atoms with Crippen molar-refractivity contribution in [1.29, 1.82) is 0 Å². The third-order valence-electron chi connectivity index (χ3n) is 3.89. The van der Waals surface area contributed by atoms with Crippen molar-refractivity contribution >= 4 is 22.8 Å². The normalized spacial score (nSPS) is 14.4. The van der Waals surface area contributed by atoms with E-state index in [9.17, 15) is 4.79 Å². The molecule has 1 saturated heterocycles. The summed E-state index contributed by atoms with van der Waals surface area (Å²) in [7, 11) is 0. The summed E-state index contributed by atoms with van der Waals surface area (Å²) in [5.74, 6) is 0.858. The van der Waals surface area contributed by atoms with Crippen molar-refractivity contribution in [2.24, 2.45) is 5.73 Å². The minimum atomic E-state index is -0.567. The molecule has 2 aromatic heterocycles. The lowest BCUT2D eigenvalue weighted by Crippen LogP contribution is -2.54. The zero-order valence-corrected chi connectivity index (χ0v) is 12.8. The van der Waals surface area contributed by atoms with E-state index in [0.717, 1.165) is 16.9 Å². The van der Waals surface area contributed by atoms with Gasteiger partial charge in [0.05, 0.1) is 30.3 Å². The van der Waals surface area contributed by atoms with E-state index in [1.807, 2.05) is 24.3 Å². The van der Waals surface area contributed by atoms with Gasteiger partial charge >= 0.3 is 0 Å². The van der Waals surface area contributed by atoms with Gasteiger partial charge < -0.3 is 15.4 Å². The lowest BCUT2D eigenvalue weighted by Gasteiger charge is -2.39. The second kappa shape index (κ2) is 5.77. The molecular formula is C17H15N5O2. The third kappa shape index (κ3) is 2.71. The molecule has 0 radical (unpaired) electrons. The number of hydrogen-bond donors (Lipinski definition) is 1. The van der Waals surface area contributed by atoms with E-state index in [2.05, 4.69) is 19.9 Å². The molecule has 7 heteroatoms. The largest absolute Gasteiger partial charge is 0.487 e. The smallest absolute Gasteiger partial charge is 0.267 e. The molecule has 4 rings (SSSR count). The van der Waals surface area contributed by atoms with Crippen LogP contribution in [0.1, 0.15) is 10.5 Å². The van der Waals surface area contributed by atoms with E-state index in [4.69, 9.17) is 10.5 Å². The number of nitrogens with two attached hydrogens (primary N) is 1. The van der Waals surface area contributed by atoms with E-state index in [1.165, 1.54) is 6.20 Å². The second-order valence-electron chi connectivity index (χ2n) is 5.60. The number of primary amides is 1. The summed E-state index contributed by atoms with van der Waals surface area (Å²) in [5.41, 5.74) is 7.18. The van der Waals surface area contributed by atoms with Crippen LogP contribution in [0.4, 0.5) is 5.82 Å². The molecule has 1 fully saturated rings. The Hall–Kier alpha value is -3.22. The molecule has 24 heavy (non-hydrogen) atoms. The van der Waals surface area contributed by atoms with Gasteiger partial charge in [-0.05, 0) is 18.2 Å². The van der Waals surface area contributed by atoms with Gasteiger partial charge in [0.2, 0.25) is 0 Å². The SMILES string of the molecule is NC(=O)c1cc(OC2CN(c3cnc4ccccc4n3)C2)ccn1. The van der Waals surface area contributed by atoms with E-state index in [1.54, 1.807) is 18.3 Å². The minimum Gasteiger partial charge on any atom is -0.487 e. The molecule has 1 aliphatic heterocycles. The highest BCUT2D eigenvalue weighted by Crippen LogP contribution is 2.23. The van der Waals surface area contributed by atoms with Crippen molar-refractivity contribution < 1.29 is 9.53 Å². The number of anilines is 1. The fourth-order valence-corrected chi connectivity index (χ4v) is 2.61. The first-order valence-corrected chi connectivity index (χ1v) is 7.58. The Kier molecular flexibility index (Phi) is 3.45. The fourth-order valence-electron chi connectivity index (χ4n) is 2.61. The number of fused-ring (bicyclic) bond motifs is 1. The topological polar surface area (TPSA) is 94.2 Å². The van der Waals surface area contributed by atoms with Crippen LogP contribution in [0, 0.1) is 0 Å². The van der Waals surface area contributed by atoms with Gasteiger partial charge in [-0.3, -0.25) is 14.8 Å². The van der Waals surface area contributed by atoms with Crippen molar-refractivity contribution in [3.8, 4) is 5.75 Å². The van der Waals surface area contributed by atoms with Crippen LogP contribution in [-0.2, 0) is 0 Å². The van der Waals surface area contributed by atoms with Gasteiger partial charge in [0.25, 0.3) is 5.91 Å². The van der Waals surface area contributed by atoms with Crippen molar-refractivity contribution in [1.82, 2.24) is 15.0 Å². The van der Waals surface area contributed by atoms with Crippen molar-refractivity contribution in [2.75, 3.05) is 18.0 Å². The number of amides is 1. The Balaban J connectivity index is 1.42. The number of ether oxygens (including phenoxy) is 1. The monoisotopic (exact) mass is 321 g/mol. The standard InChI is InChI=1S/C17H15N5O2/c18-17(23)15-7-11(5-6-19-15)24-12-9-22(10-12)16-8-20-13-3-1-2-4-14(13)21-16/h1-8,12H,9-10H2,(H2,18,23). The Bertz CT molecular complexity index is 908. The summed E-state index contributed by atoms with van der Waals surface area (Å²) in [4.78, 5) is 26.2. The number of benzene rings is 1. The van der Waals surface area contributed by atoms with Crippen molar-refractivity contribution in [3.05, 3.63) is 54.5 Å². The molecule has 120 valence electrons. The molecule has 0 aliphatic carbocycles. The highest BCUT2D eigenvalue weighted by molar-refractivity contribution is 5.91. The van der Waals surface area contributed by atoms with E-state index in [-0.39, 0.29) is 11.8 Å². The van der Waals surface area contributed by atoms with Gasteiger partial charge in [0, 0.05) is 12.3 Å². The minimum absolute atomic E-state index is 0.0291. The molecule has 3 aromatic rings. The predicted octanol–water partition coefficient (Wildman–Crippen LogP) is 1.39. The van der Waals surface area contributed by atoms with Crippen LogP contribution in [0.3, 0.4) is 0 Å². The summed E-state index contributed by atoms with van der Waals surface area (Å²) < 4.78 is 5.84. The van der Waals surface area contributed by atoms with Gasteiger partial charge in [-0.1, -0.05) is 12.1 Å². The fraction of sp³-hybridized carbons (Fsp3) is 0.176. The predicted molar refractivity (Wildman–Crippen MR) is 88.9 cm³/mol. The van der Waals surface area contributed by atoms with E-state index in [0.29, 0.717) is 18.8 Å². The van der Waals surface area contributed by atoms with Gasteiger partial charge in [0.1, 0.15) is 23.4 Å². The maximum atomic E-state index is 11.1.